The summed E-state index contributed by atoms with van der Waals surface area (Å²) in [6.45, 7) is 14.3. The summed E-state index contributed by atoms with van der Waals surface area (Å²) in [6.07, 6.45) is 44.1. The molecule has 1 aliphatic heterocycles. The van der Waals surface area contributed by atoms with Crippen molar-refractivity contribution in [1.29, 1.82) is 0 Å². The monoisotopic (exact) mass is 766 g/mol. The van der Waals surface area contributed by atoms with Crippen molar-refractivity contribution in [2.75, 3.05) is 39.5 Å². The normalized spacial score (nSPS) is 16.1. The molecule has 0 radical (unpaired) electrons. The first-order chi connectivity index (χ1) is 26.4. The number of likely N-dealkylation sites (tertiary alicyclic amines) is 1. The Balaban J connectivity index is 2.21. The maximum Gasteiger partial charge on any atom is 0.409 e. The Bertz CT molecular complexity index is 745. The van der Waals surface area contributed by atoms with Gasteiger partial charge in [-0.3, -0.25) is 0 Å². The van der Waals surface area contributed by atoms with E-state index in [1.807, 2.05) is 20.8 Å². The zero-order chi connectivity index (χ0) is 39.2. The number of ether oxygens (including phenoxy) is 4. The third kappa shape index (κ3) is 31.3. The summed E-state index contributed by atoms with van der Waals surface area (Å²) in [5.74, 6) is 0. The summed E-state index contributed by atoms with van der Waals surface area (Å²) in [7, 11) is 0. The van der Waals surface area contributed by atoms with Gasteiger partial charge in [-0.25, -0.2) is 4.79 Å². The van der Waals surface area contributed by atoms with E-state index < -0.39 is 0 Å². The zero-order valence-electron chi connectivity index (χ0n) is 37.2. The van der Waals surface area contributed by atoms with Crippen LogP contribution in [0.1, 0.15) is 247 Å². The lowest BCUT2D eigenvalue weighted by molar-refractivity contribution is -0.0481. The lowest BCUT2D eigenvalue weighted by atomic mass is 10.0. The van der Waals surface area contributed by atoms with E-state index in [-0.39, 0.29) is 23.9 Å². The second-order valence-electron chi connectivity index (χ2n) is 17.4. The van der Waals surface area contributed by atoms with Gasteiger partial charge in [0.1, 0.15) is 12.2 Å². The third-order valence-electron chi connectivity index (χ3n) is 11.6. The number of rotatable bonds is 41. The van der Waals surface area contributed by atoms with Gasteiger partial charge in [0.15, 0.2) is 0 Å². The number of hydrogen-bond donors (Lipinski definition) is 0. The van der Waals surface area contributed by atoms with Crippen molar-refractivity contribution < 1.29 is 23.7 Å². The van der Waals surface area contributed by atoms with E-state index >= 15 is 0 Å². The van der Waals surface area contributed by atoms with Gasteiger partial charge >= 0.3 is 6.09 Å². The molecule has 1 fully saturated rings. The minimum Gasteiger partial charge on any atom is -0.449 e. The van der Waals surface area contributed by atoms with Crippen LogP contribution >= 0.6 is 0 Å². The predicted octanol–water partition coefficient (Wildman–Crippen LogP) is 14.9. The molecule has 1 heterocycles. The molecule has 1 amide bonds. The summed E-state index contributed by atoms with van der Waals surface area (Å²) < 4.78 is 24.2. The second-order valence-corrected chi connectivity index (χ2v) is 17.4. The molecule has 1 aliphatic rings. The van der Waals surface area contributed by atoms with Crippen molar-refractivity contribution in [2.45, 2.75) is 264 Å². The average molecular weight is 766 g/mol. The minimum atomic E-state index is -0.294. The molecule has 6 heteroatoms. The molecule has 2 unspecified atom stereocenters. The number of nitrogens with zero attached hydrogens (tertiary/aromatic N) is 1. The van der Waals surface area contributed by atoms with Crippen LogP contribution in [-0.2, 0) is 18.9 Å². The summed E-state index contributed by atoms with van der Waals surface area (Å²) in [5, 5.41) is 0. The molecule has 322 valence electrons. The van der Waals surface area contributed by atoms with Crippen LogP contribution in [0.3, 0.4) is 0 Å². The lowest BCUT2D eigenvalue weighted by Gasteiger charge is -2.25. The molecule has 1 rings (SSSR count). The highest BCUT2D eigenvalue weighted by Crippen LogP contribution is 2.22. The zero-order valence-corrected chi connectivity index (χ0v) is 37.2. The average Bonchev–Trinajstić information content (AvgIpc) is 3.56. The third-order valence-corrected chi connectivity index (χ3v) is 11.6. The molecular weight excluding hydrogens is 671 g/mol. The topological polar surface area (TPSA) is 57.2 Å². The maximum atomic E-state index is 13.0. The highest BCUT2D eigenvalue weighted by molar-refractivity contribution is 5.68. The Kier molecular flexibility index (Phi) is 35.7. The summed E-state index contributed by atoms with van der Waals surface area (Å²) in [6, 6.07) is 0. The molecule has 2 atom stereocenters. The van der Waals surface area contributed by atoms with Crippen molar-refractivity contribution in [3.05, 3.63) is 0 Å². The fraction of sp³-hybridized carbons (Fsp3) is 0.979. The van der Waals surface area contributed by atoms with Crippen LogP contribution in [-0.4, -0.2) is 68.3 Å². The van der Waals surface area contributed by atoms with Crippen molar-refractivity contribution in [3.8, 4) is 0 Å². The smallest absolute Gasteiger partial charge is 0.409 e. The minimum absolute atomic E-state index is 0.0742. The van der Waals surface area contributed by atoms with E-state index in [9.17, 15) is 4.79 Å². The van der Waals surface area contributed by atoms with Crippen LogP contribution in [0.4, 0.5) is 4.79 Å². The Morgan fingerprint density at radius 2 is 0.759 bits per heavy atom. The molecule has 0 saturated carbocycles. The summed E-state index contributed by atoms with van der Waals surface area (Å²) in [5.41, 5.74) is -0.294. The van der Waals surface area contributed by atoms with Crippen LogP contribution in [0.25, 0.3) is 0 Å². The van der Waals surface area contributed by atoms with Crippen LogP contribution in [0.2, 0.25) is 0 Å². The molecule has 1 saturated heterocycles. The Labute approximate surface area is 337 Å². The van der Waals surface area contributed by atoms with E-state index in [0.717, 1.165) is 26.1 Å². The molecule has 0 aliphatic carbocycles. The molecular formula is C48H95NO5. The largest absolute Gasteiger partial charge is 0.449 e. The molecule has 0 spiro atoms. The quantitative estimate of drug-likeness (QED) is 0.0580. The fourth-order valence-corrected chi connectivity index (χ4v) is 7.92. The summed E-state index contributed by atoms with van der Waals surface area (Å²) >= 11 is 0. The number of amides is 1. The van der Waals surface area contributed by atoms with Crippen LogP contribution in [0.5, 0.6) is 0 Å². The molecule has 0 aromatic rings. The number of unbranched alkanes of at least 4 members (excludes halogenated alkanes) is 30. The van der Waals surface area contributed by atoms with Crippen molar-refractivity contribution in [1.82, 2.24) is 4.90 Å². The SMILES string of the molecule is CCCCCCCCCCCCCCCCCCOC1CN(C(=O)OCCC(C)(C)OCC)CC1OCCCCCCCCCCCCCCCCCC. The van der Waals surface area contributed by atoms with Crippen LogP contribution < -0.4 is 0 Å². The molecule has 0 bridgehead atoms. The molecule has 0 aromatic heterocycles. The van der Waals surface area contributed by atoms with Crippen molar-refractivity contribution >= 4 is 6.09 Å². The van der Waals surface area contributed by atoms with Crippen LogP contribution in [0, 0.1) is 0 Å². The van der Waals surface area contributed by atoms with Crippen molar-refractivity contribution in [3.63, 3.8) is 0 Å². The first-order valence-corrected chi connectivity index (χ1v) is 24.2. The van der Waals surface area contributed by atoms with Gasteiger partial charge < -0.3 is 23.8 Å². The van der Waals surface area contributed by atoms with Gasteiger partial charge in [0.05, 0.1) is 25.3 Å². The number of carbonyl (C=O) groups is 1. The predicted molar refractivity (Wildman–Crippen MR) is 232 cm³/mol. The Hall–Kier alpha value is -0.850. The van der Waals surface area contributed by atoms with Gasteiger partial charge in [0.25, 0.3) is 0 Å². The van der Waals surface area contributed by atoms with E-state index in [1.54, 1.807) is 4.90 Å². The van der Waals surface area contributed by atoms with E-state index in [2.05, 4.69) is 13.8 Å². The molecule has 0 N–H and O–H groups in total. The van der Waals surface area contributed by atoms with Crippen molar-refractivity contribution in [2.24, 2.45) is 0 Å². The number of carbonyl (C=O) groups excluding carboxylic acids is 1. The molecule has 0 aromatic carbocycles. The second kappa shape index (κ2) is 37.7. The van der Waals surface area contributed by atoms with Gasteiger partial charge in [0.2, 0.25) is 0 Å². The van der Waals surface area contributed by atoms with E-state index in [0.29, 0.717) is 32.7 Å². The molecule has 6 nitrogen and oxygen atoms in total. The van der Waals surface area contributed by atoms with Gasteiger partial charge in [0, 0.05) is 26.2 Å². The Morgan fingerprint density at radius 1 is 0.463 bits per heavy atom. The van der Waals surface area contributed by atoms with Crippen LogP contribution in [0.15, 0.2) is 0 Å². The standard InChI is InChI=1S/C48H95NO5/c1-6-9-11-13-15-17-19-21-23-25-27-29-31-33-35-37-40-51-45-43-49(47(50)53-42-39-48(4,5)54-8-3)44-46(45)52-41-38-36-34-32-30-28-26-24-22-20-18-16-14-12-10-7-2/h45-46H,6-44H2,1-5H3. The van der Waals surface area contributed by atoms with Gasteiger partial charge in [-0.05, 0) is 33.6 Å². The maximum absolute atomic E-state index is 13.0. The first-order valence-electron chi connectivity index (χ1n) is 24.2. The molecule has 54 heavy (non-hydrogen) atoms. The summed E-state index contributed by atoms with van der Waals surface area (Å²) in [4.78, 5) is 14.8. The highest BCUT2D eigenvalue weighted by atomic mass is 16.6. The lowest BCUT2D eigenvalue weighted by Crippen LogP contribution is -2.33. The van der Waals surface area contributed by atoms with E-state index in [1.165, 1.54) is 193 Å². The van der Waals surface area contributed by atoms with Gasteiger partial charge in [-0.1, -0.05) is 206 Å². The fourth-order valence-electron chi connectivity index (χ4n) is 7.92. The first kappa shape index (κ1) is 51.2. The highest BCUT2D eigenvalue weighted by Gasteiger charge is 2.37. The number of hydrogen-bond acceptors (Lipinski definition) is 5. The van der Waals surface area contributed by atoms with E-state index in [4.69, 9.17) is 18.9 Å². The van der Waals surface area contributed by atoms with Gasteiger partial charge in [-0.2, -0.15) is 0 Å². The Morgan fingerprint density at radius 3 is 1.06 bits per heavy atom. The van der Waals surface area contributed by atoms with Gasteiger partial charge in [-0.15, -0.1) is 0 Å².